The van der Waals surface area contributed by atoms with Crippen molar-refractivity contribution >= 4 is 6.01 Å². The van der Waals surface area contributed by atoms with Gasteiger partial charge in [0.1, 0.15) is 0 Å². The maximum Gasteiger partial charge on any atom is 0.318 e. The minimum atomic E-state index is -0.421. The summed E-state index contributed by atoms with van der Waals surface area (Å²) in [5, 5.41) is 20.5. The third-order valence-corrected chi connectivity index (χ3v) is 2.87. The predicted octanol–water partition coefficient (Wildman–Crippen LogP) is 1.02. The zero-order chi connectivity index (χ0) is 13.8. The zero-order valence-corrected chi connectivity index (χ0v) is 11.9. The molecule has 0 spiro atoms. The normalized spacial score (nSPS) is 12.2. The summed E-state index contributed by atoms with van der Waals surface area (Å²) in [4.78, 5) is 1.78. The van der Waals surface area contributed by atoms with Crippen LogP contribution in [0.5, 0.6) is 0 Å². The van der Waals surface area contributed by atoms with Crippen molar-refractivity contribution in [3.8, 4) is 0 Å². The molecule has 1 rings (SSSR count). The van der Waals surface area contributed by atoms with Gasteiger partial charge in [0.25, 0.3) is 0 Å². The molecular weight excluding hydrogens is 232 g/mol. The van der Waals surface area contributed by atoms with Gasteiger partial charge in [-0.15, -0.1) is 5.10 Å². The molecule has 0 aliphatic heterocycles. The van der Waals surface area contributed by atoms with Crippen LogP contribution in [0, 0.1) is 5.92 Å². The van der Waals surface area contributed by atoms with Gasteiger partial charge in [-0.3, -0.25) is 0 Å². The Balaban J connectivity index is 2.57. The van der Waals surface area contributed by atoms with Gasteiger partial charge in [-0.25, -0.2) is 0 Å². The van der Waals surface area contributed by atoms with E-state index in [0.29, 0.717) is 24.4 Å². The topological polar surface area (TPSA) is 74.4 Å². The summed E-state index contributed by atoms with van der Waals surface area (Å²) in [6, 6.07) is 0.426. The summed E-state index contributed by atoms with van der Waals surface area (Å²) in [6.07, 6.45) is 0. The average molecular weight is 256 g/mol. The summed E-state index contributed by atoms with van der Waals surface area (Å²) >= 11 is 0. The molecule has 6 nitrogen and oxygen atoms in total. The number of aromatic nitrogens is 2. The summed E-state index contributed by atoms with van der Waals surface area (Å²) in [5.74, 6) is 1.15. The fourth-order valence-corrected chi connectivity index (χ4v) is 1.28. The van der Waals surface area contributed by atoms with E-state index < -0.39 is 5.54 Å². The third kappa shape index (κ3) is 3.96. The average Bonchev–Trinajstić information content (AvgIpc) is 2.76. The first-order chi connectivity index (χ1) is 8.36. The predicted molar refractivity (Wildman–Crippen MR) is 70.4 cm³/mol. The Bertz CT molecular complexity index is 363. The molecule has 0 aliphatic carbocycles. The molecule has 0 aromatic carbocycles. The van der Waals surface area contributed by atoms with Crippen LogP contribution >= 0.6 is 0 Å². The Kier molecular flexibility index (Phi) is 5.10. The maximum atomic E-state index is 9.29. The fourth-order valence-electron chi connectivity index (χ4n) is 1.28. The second-order valence-electron chi connectivity index (χ2n) is 5.53. The van der Waals surface area contributed by atoms with E-state index in [1.165, 1.54) is 0 Å². The number of nitrogens with one attached hydrogen (secondary N) is 1. The van der Waals surface area contributed by atoms with Crippen molar-refractivity contribution in [1.82, 2.24) is 15.5 Å². The molecule has 0 atom stereocenters. The molecule has 18 heavy (non-hydrogen) atoms. The highest BCUT2D eigenvalue weighted by atomic mass is 16.4. The van der Waals surface area contributed by atoms with Crippen LogP contribution in [0.15, 0.2) is 4.42 Å². The van der Waals surface area contributed by atoms with Gasteiger partial charge in [0.2, 0.25) is 5.89 Å². The van der Waals surface area contributed by atoms with Crippen LogP contribution in [0.2, 0.25) is 0 Å². The molecule has 1 heterocycles. The van der Waals surface area contributed by atoms with E-state index >= 15 is 0 Å². The molecule has 0 bridgehead atoms. The van der Waals surface area contributed by atoms with Gasteiger partial charge in [-0.05, 0) is 26.3 Å². The Morgan fingerprint density at radius 2 is 2.06 bits per heavy atom. The van der Waals surface area contributed by atoms with Crippen LogP contribution in [-0.2, 0) is 6.54 Å². The number of anilines is 1. The molecule has 0 saturated heterocycles. The fraction of sp³-hybridized carbons (Fsp3) is 0.833. The Morgan fingerprint density at radius 1 is 1.39 bits per heavy atom. The van der Waals surface area contributed by atoms with E-state index in [0.717, 1.165) is 6.54 Å². The van der Waals surface area contributed by atoms with E-state index in [9.17, 15) is 5.11 Å². The monoisotopic (exact) mass is 256 g/mol. The molecule has 1 aromatic heterocycles. The quantitative estimate of drug-likeness (QED) is 0.759. The van der Waals surface area contributed by atoms with Gasteiger partial charge in [0.15, 0.2) is 0 Å². The van der Waals surface area contributed by atoms with Crippen molar-refractivity contribution in [2.75, 3.05) is 25.1 Å². The summed E-state index contributed by atoms with van der Waals surface area (Å²) in [6.45, 7) is 9.61. The second-order valence-corrected chi connectivity index (χ2v) is 5.53. The Morgan fingerprint density at radius 3 is 2.61 bits per heavy atom. The highest BCUT2D eigenvalue weighted by Gasteiger charge is 2.26. The van der Waals surface area contributed by atoms with Crippen molar-refractivity contribution in [3.63, 3.8) is 0 Å². The molecule has 1 aromatic rings. The Labute approximate surface area is 108 Å². The molecule has 0 radical (unpaired) electrons. The SMILES string of the molecule is CC(C)CNCc1nnc(N(C)C(C)(C)CO)o1. The van der Waals surface area contributed by atoms with Gasteiger partial charge < -0.3 is 19.7 Å². The van der Waals surface area contributed by atoms with Crippen molar-refractivity contribution < 1.29 is 9.52 Å². The molecule has 0 fully saturated rings. The molecule has 0 amide bonds. The lowest BCUT2D eigenvalue weighted by molar-refractivity contribution is 0.211. The van der Waals surface area contributed by atoms with Crippen LogP contribution in [0.1, 0.15) is 33.6 Å². The first-order valence-electron chi connectivity index (χ1n) is 6.24. The van der Waals surface area contributed by atoms with Crippen LogP contribution in [0.3, 0.4) is 0 Å². The minimum absolute atomic E-state index is 0.0206. The number of aliphatic hydroxyl groups is 1. The van der Waals surface area contributed by atoms with Gasteiger partial charge in [-0.2, -0.15) is 0 Å². The van der Waals surface area contributed by atoms with Crippen LogP contribution < -0.4 is 10.2 Å². The highest BCUT2D eigenvalue weighted by Crippen LogP contribution is 2.20. The van der Waals surface area contributed by atoms with Gasteiger partial charge in [0, 0.05) is 7.05 Å². The summed E-state index contributed by atoms with van der Waals surface area (Å²) < 4.78 is 5.55. The molecule has 0 saturated carbocycles. The lowest BCUT2D eigenvalue weighted by atomic mass is 10.1. The van der Waals surface area contributed by atoms with E-state index in [1.807, 2.05) is 20.9 Å². The molecular formula is C12H24N4O2. The standard InChI is InChI=1S/C12H24N4O2/c1-9(2)6-13-7-10-14-15-11(18-10)16(5)12(3,4)8-17/h9,13,17H,6-8H2,1-5H3. The van der Waals surface area contributed by atoms with Crippen molar-refractivity contribution in [2.45, 2.75) is 39.8 Å². The number of nitrogens with zero attached hydrogens (tertiary/aromatic N) is 3. The van der Waals surface area contributed by atoms with E-state index in [2.05, 4.69) is 29.4 Å². The first-order valence-corrected chi connectivity index (χ1v) is 6.24. The summed E-state index contributed by atoms with van der Waals surface area (Å²) in [5.41, 5.74) is -0.421. The second kappa shape index (κ2) is 6.15. The van der Waals surface area contributed by atoms with Gasteiger partial charge in [-0.1, -0.05) is 18.9 Å². The molecule has 2 N–H and O–H groups in total. The van der Waals surface area contributed by atoms with Crippen LogP contribution in [0.4, 0.5) is 6.01 Å². The number of likely N-dealkylation sites (N-methyl/N-ethyl adjacent to an activating group) is 1. The van der Waals surface area contributed by atoms with E-state index in [-0.39, 0.29) is 6.61 Å². The lowest BCUT2D eigenvalue weighted by Gasteiger charge is -2.31. The van der Waals surface area contributed by atoms with Gasteiger partial charge in [0.05, 0.1) is 18.7 Å². The van der Waals surface area contributed by atoms with Crippen molar-refractivity contribution in [1.29, 1.82) is 0 Å². The third-order valence-electron chi connectivity index (χ3n) is 2.87. The number of aliphatic hydroxyl groups excluding tert-OH is 1. The lowest BCUT2D eigenvalue weighted by Crippen LogP contribution is -2.44. The largest absolute Gasteiger partial charge is 0.407 e. The van der Waals surface area contributed by atoms with Crippen LogP contribution in [-0.4, -0.2) is 41.0 Å². The molecule has 104 valence electrons. The highest BCUT2D eigenvalue weighted by molar-refractivity contribution is 5.27. The molecule has 0 aliphatic rings. The van der Waals surface area contributed by atoms with Gasteiger partial charge >= 0.3 is 6.01 Å². The van der Waals surface area contributed by atoms with E-state index in [4.69, 9.17) is 4.42 Å². The van der Waals surface area contributed by atoms with E-state index in [1.54, 1.807) is 4.90 Å². The molecule has 6 heteroatoms. The van der Waals surface area contributed by atoms with Crippen molar-refractivity contribution in [2.24, 2.45) is 5.92 Å². The zero-order valence-electron chi connectivity index (χ0n) is 11.9. The molecule has 0 unspecified atom stereocenters. The maximum absolute atomic E-state index is 9.29. The first kappa shape index (κ1) is 14.9. The smallest absolute Gasteiger partial charge is 0.318 e. The van der Waals surface area contributed by atoms with Crippen LogP contribution in [0.25, 0.3) is 0 Å². The number of hydrogen-bond donors (Lipinski definition) is 2. The number of rotatable bonds is 7. The Hall–Kier alpha value is -1.14. The minimum Gasteiger partial charge on any atom is -0.407 e. The summed E-state index contributed by atoms with van der Waals surface area (Å²) in [7, 11) is 1.83. The number of hydrogen-bond acceptors (Lipinski definition) is 6. The van der Waals surface area contributed by atoms with Crippen molar-refractivity contribution in [3.05, 3.63) is 5.89 Å².